The number of hydrogen-bond donors (Lipinski definition) is 1. The lowest BCUT2D eigenvalue weighted by Gasteiger charge is -2.35. The molecule has 25 heavy (non-hydrogen) atoms. The monoisotopic (exact) mass is 402 g/mol. The minimum absolute atomic E-state index is 0.00590. The van der Waals surface area contributed by atoms with E-state index in [9.17, 15) is 30.8 Å². The largest absolute Gasteiger partial charge is 0.471 e. The number of carbonyl (C=O) groups excluding carboxylic acids is 1. The molecule has 0 radical (unpaired) electrons. The van der Waals surface area contributed by atoms with Gasteiger partial charge in [-0.3, -0.25) is 4.79 Å². The first-order valence-electron chi connectivity index (χ1n) is 7.24. The van der Waals surface area contributed by atoms with Gasteiger partial charge < -0.3 is 5.32 Å². The van der Waals surface area contributed by atoms with E-state index in [1.54, 1.807) is 0 Å². The molecule has 0 aliphatic carbocycles. The SMILES string of the molecule is O=C(NCC1(F)CCN(S(=O)(=O)c2ccc(Cl)cc2)CC1)C(F)(F)F. The number of halogens is 5. The molecule has 0 spiro atoms. The first kappa shape index (κ1) is 19.9. The van der Waals surface area contributed by atoms with Crippen LogP contribution in [0.1, 0.15) is 12.8 Å². The van der Waals surface area contributed by atoms with Crippen LogP contribution in [0.3, 0.4) is 0 Å². The van der Waals surface area contributed by atoms with E-state index in [1.165, 1.54) is 29.6 Å². The third kappa shape index (κ3) is 4.83. The number of sulfonamides is 1. The molecule has 0 bridgehead atoms. The highest BCUT2D eigenvalue weighted by Gasteiger charge is 2.43. The molecular weight excluding hydrogens is 388 g/mol. The summed E-state index contributed by atoms with van der Waals surface area (Å²) in [4.78, 5) is 10.8. The fourth-order valence-electron chi connectivity index (χ4n) is 2.40. The average molecular weight is 403 g/mol. The maximum Gasteiger partial charge on any atom is 0.471 e. The molecular formula is C14H15ClF4N2O3S. The van der Waals surface area contributed by atoms with Gasteiger partial charge in [-0.15, -0.1) is 0 Å². The summed E-state index contributed by atoms with van der Waals surface area (Å²) in [5, 5.41) is 1.86. The fraction of sp³-hybridized carbons (Fsp3) is 0.500. The van der Waals surface area contributed by atoms with Crippen molar-refractivity contribution >= 4 is 27.5 Å². The molecule has 140 valence electrons. The molecule has 1 saturated heterocycles. The van der Waals surface area contributed by atoms with Crippen molar-refractivity contribution in [3.05, 3.63) is 29.3 Å². The Bertz CT molecular complexity index is 729. The third-order valence-corrected chi connectivity index (χ3v) is 6.06. The van der Waals surface area contributed by atoms with Gasteiger partial charge in [-0.1, -0.05) is 11.6 Å². The highest BCUT2D eigenvalue weighted by atomic mass is 35.5. The maximum atomic E-state index is 14.5. The molecule has 2 rings (SSSR count). The average Bonchev–Trinajstić information content (AvgIpc) is 2.52. The fourth-order valence-corrected chi connectivity index (χ4v) is 3.97. The Labute approximate surface area is 147 Å². The molecule has 1 aromatic carbocycles. The van der Waals surface area contributed by atoms with Gasteiger partial charge in [0.05, 0.1) is 11.4 Å². The van der Waals surface area contributed by atoms with Crippen molar-refractivity contribution in [2.75, 3.05) is 19.6 Å². The van der Waals surface area contributed by atoms with E-state index in [2.05, 4.69) is 0 Å². The van der Waals surface area contributed by atoms with Crippen LogP contribution in [0.5, 0.6) is 0 Å². The highest BCUT2D eigenvalue weighted by Crippen LogP contribution is 2.30. The zero-order chi connectivity index (χ0) is 18.9. The molecule has 0 atom stereocenters. The molecule has 1 aliphatic heterocycles. The predicted molar refractivity (Wildman–Crippen MR) is 82.3 cm³/mol. The second kappa shape index (κ2) is 7.08. The van der Waals surface area contributed by atoms with Crippen molar-refractivity contribution in [3.8, 4) is 0 Å². The van der Waals surface area contributed by atoms with E-state index in [-0.39, 0.29) is 30.8 Å². The smallest absolute Gasteiger partial charge is 0.345 e. The Hall–Kier alpha value is -1.39. The number of nitrogens with one attached hydrogen (secondary N) is 1. The van der Waals surface area contributed by atoms with Gasteiger partial charge in [-0.25, -0.2) is 12.8 Å². The van der Waals surface area contributed by atoms with Crippen LogP contribution in [0.25, 0.3) is 0 Å². The Morgan fingerprint density at radius 1 is 1.20 bits per heavy atom. The van der Waals surface area contributed by atoms with Crippen molar-refractivity contribution in [1.82, 2.24) is 9.62 Å². The predicted octanol–water partition coefficient (Wildman–Crippen LogP) is 2.51. The molecule has 11 heteroatoms. The lowest BCUT2D eigenvalue weighted by molar-refractivity contribution is -0.174. The zero-order valence-electron chi connectivity index (χ0n) is 12.8. The van der Waals surface area contributed by atoms with Crippen LogP contribution in [-0.4, -0.2) is 50.1 Å². The summed E-state index contributed by atoms with van der Waals surface area (Å²) in [5.74, 6) is -2.22. The van der Waals surface area contributed by atoms with E-state index in [0.29, 0.717) is 5.02 Å². The van der Waals surface area contributed by atoms with Crippen LogP contribution >= 0.6 is 11.6 Å². The number of carbonyl (C=O) groups is 1. The standard InChI is InChI=1S/C14H15ClF4N2O3S/c15-10-1-3-11(4-2-10)25(23,24)21-7-5-13(16,6-8-21)9-20-12(22)14(17,18)19/h1-4H,5-9H2,(H,20,22). The lowest BCUT2D eigenvalue weighted by Crippen LogP contribution is -2.51. The number of benzene rings is 1. The van der Waals surface area contributed by atoms with Crippen LogP contribution in [-0.2, 0) is 14.8 Å². The van der Waals surface area contributed by atoms with Gasteiger partial charge >= 0.3 is 12.1 Å². The number of alkyl halides is 4. The molecule has 1 aliphatic rings. The molecule has 1 N–H and O–H groups in total. The quantitative estimate of drug-likeness (QED) is 0.787. The first-order chi connectivity index (χ1) is 11.4. The van der Waals surface area contributed by atoms with Gasteiger partial charge in [0, 0.05) is 18.1 Å². The normalized spacial score (nSPS) is 18.8. The third-order valence-electron chi connectivity index (χ3n) is 3.89. The summed E-state index contributed by atoms with van der Waals surface area (Å²) in [6, 6.07) is 5.45. The highest BCUT2D eigenvalue weighted by molar-refractivity contribution is 7.89. The van der Waals surface area contributed by atoms with Gasteiger partial charge in [-0.2, -0.15) is 17.5 Å². The summed E-state index contributed by atoms with van der Waals surface area (Å²) >= 11 is 5.70. The Morgan fingerprint density at radius 3 is 2.20 bits per heavy atom. The summed E-state index contributed by atoms with van der Waals surface area (Å²) in [6.45, 7) is -1.23. The number of nitrogens with zero attached hydrogens (tertiary/aromatic N) is 1. The van der Waals surface area contributed by atoms with Crippen LogP contribution in [0.2, 0.25) is 5.02 Å². The van der Waals surface area contributed by atoms with Gasteiger partial charge in [0.1, 0.15) is 5.67 Å². The van der Waals surface area contributed by atoms with Gasteiger partial charge in [0.15, 0.2) is 0 Å². The number of amides is 1. The molecule has 0 saturated carbocycles. The zero-order valence-corrected chi connectivity index (χ0v) is 14.4. The van der Waals surface area contributed by atoms with Crippen molar-refractivity contribution in [2.24, 2.45) is 0 Å². The molecule has 0 aromatic heterocycles. The van der Waals surface area contributed by atoms with E-state index in [1.807, 2.05) is 0 Å². The van der Waals surface area contributed by atoms with E-state index in [0.717, 1.165) is 4.31 Å². The molecule has 1 amide bonds. The molecule has 1 fully saturated rings. The van der Waals surface area contributed by atoms with Crippen molar-refractivity contribution in [3.63, 3.8) is 0 Å². The Kier molecular flexibility index (Phi) is 5.65. The molecule has 1 heterocycles. The topological polar surface area (TPSA) is 66.5 Å². The summed E-state index contributed by atoms with van der Waals surface area (Å²) in [6.07, 6.45) is -5.73. The molecule has 5 nitrogen and oxygen atoms in total. The summed E-state index contributed by atoms with van der Waals surface area (Å²) < 4.78 is 76.9. The van der Waals surface area contributed by atoms with Gasteiger partial charge in [0.2, 0.25) is 10.0 Å². The molecule has 1 aromatic rings. The van der Waals surface area contributed by atoms with Crippen molar-refractivity contribution < 1.29 is 30.8 Å². The van der Waals surface area contributed by atoms with Crippen LogP contribution < -0.4 is 5.32 Å². The summed E-state index contributed by atoms with van der Waals surface area (Å²) in [5.41, 5.74) is -2.09. The Balaban J connectivity index is 1.98. The number of rotatable bonds is 4. The minimum Gasteiger partial charge on any atom is -0.345 e. The lowest BCUT2D eigenvalue weighted by atomic mass is 9.94. The van der Waals surface area contributed by atoms with E-state index >= 15 is 0 Å². The van der Waals surface area contributed by atoms with Crippen LogP contribution in [0.4, 0.5) is 17.6 Å². The summed E-state index contributed by atoms with van der Waals surface area (Å²) in [7, 11) is -3.84. The number of piperidine rings is 1. The van der Waals surface area contributed by atoms with Crippen LogP contribution in [0, 0.1) is 0 Å². The Morgan fingerprint density at radius 2 is 1.72 bits per heavy atom. The first-order valence-corrected chi connectivity index (χ1v) is 9.06. The molecule has 0 unspecified atom stereocenters. The number of hydrogen-bond acceptors (Lipinski definition) is 3. The maximum absolute atomic E-state index is 14.5. The minimum atomic E-state index is -5.09. The second-order valence-electron chi connectivity index (χ2n) is 5.69. The van der Waals surface area contributed by atoms with Gasteiger partial charge in [-0.05, 0) is 37.1 Å². The van der Waals surface area contributed by atoms with E-state index in [4.69, 9.17) is 11.6 Å². The second-order valence-corrected chi connectivity index (χ2v) is 8.06. The van der Waals surface area contributed by atoms with Crippen LogP contribution in [0.15, 0.2) is 29.2 Å². The van der Waals surface area contributed by atoms with Crippen molar-refractivity contribution in [2.45, 2.75) is 29.6 Å². The van der Waals surface area contributed by atoms with E-state index < -0.39 is 34.3 Å². The van der Waals surface area contributed by atoms with Crippen molar-refractivity contribution in [1.29, 1.82) is 0 Å². The van der Waals surface area contributed by atoms with Gasteiger partial charge in [0.25, 0.3) is 0 Å².